The van der Waals surface area contributed by atoms with Crippen LogP contribution in [0.25, 0.3) is 0 Å². The molecule has 0 bridgehead atoms. The molecule has 0 aliphatic carbocycles. The Morgan fingerprint density at radius 2 is 2.07 bits per heavy atom. The molecule has 1 heterocycles. The van der Waals surface area contributed by atoms with Crippen LogP contribution in [0.2, 0.25) is 0 Å². The molecule has 1 fully saturated rings. The van der Waals surface area contributed by atoms with Gasteiger partial charge in [-0.15, -0.1) is 0 Å². The summed E-state index contributed by atoms with van der Waals surface area (Å²) in [5.41, 5.74) is -0.661. The molecule has 82 valence electrons. The number of halogens is 1. The topological polar surface area (TPSA) is 32.3 Å². The lowest BCUT2D eigenvalue weighted by Crippen LogP contribution is -2.28. The normalized spacial score (nSPS) is 25.1. The number of phenolic OH excluding ortho intramolecular Hbond substituents is 1. The zero-order valence-corrected chi connectivity index (χ0v) is 8.83. The van der Waals surface area contributed by atoms with Gasteiger partial charge in [0.1, 0.15) is 11.4 Å². The van der Waals surface area contributed by atoms with Crippen LogP contribution in [0.15, 0.2) is 24.3 Å². The van der Waals surface area contributed by atoms with E-state index in [0.29, 0.717) is 5.56 Å². The lowest BCUT2D eigenvalue weighted by Gasteiger charge is -2.27. The fourth-order valence-electron chi connectivity index (χ4n) is 2.14. The molecule has 0 saturated carbocycles. The second-order valence-corrected chi connectivity index (χ2v) is 4.31. The molecule has 1 aromatic rings. The summed E-state index contributed by atoms with van der Waals surface area (Å²) in [6.07, 6.45) is 0.869. The number of rotatable bonds is 2. The number of alkyl halides is 1. The summed E-state index contributed by atoms with van der Waals surface area (Å²) in [5, 5.41) is 12.3. The van der Waals surface area contributed by atoms with Gasteiger partial charge in [0.15, 0.2) is 0 Å². The van der Waals surface area contributed by atoms with Gasteiger partial charge in [-0.2, -0.15) is 0 Å². The van der Waals surface area contributed by atoms with E-state index in [-0.39, 0.29) is 11.7 Å². The van der Waals surface area contributed by atoms with E-state index < -0.39 is 5.67 Å². The first kappa shape index (κ1) is 10.4. The molecule has 1 aliphatic rings. The molecule has 0 amide bonds. The van der Waals surface area contributed by atoms with Crippen LogP contribution >= 0.6 is 0 Å². The monoisotopic (exact) mass is 209 g/mol. The third kappa shape index (κ3) is 1.97. The van der Waals surface area contributed by atoms with Crippen LogP contribution in [-0.4, -0.2) is 18.2 Å². The minimum Gasteiger partial charge on any atom is -0.508 e. The first-order valence-corrected chi connectivity index (χ1v) is 5.30. The molecule has 2 N–H and O–H groups in total. The van der Waals surface area contributed by atoms with Crippen molar-refractivity contribution in [2.75, 3.05) is 13.1 Å². The third-order valence-electron chi connectivity index (χ3n) is 3.26. The fourth-order valence-corrected chi connectivity index (χ4v) is 2.14. The van der Waals surface area contributed by atoms with E-state index in [0.717, 1.165) is 19.5 Å². The summed E-state index contributed by atoms with van der Waals surface area (Å²) in [7, 11) is 0. The van der Waals surface area contributed by atoms with Crippen molar-refractivity contribution in [3.8, 4) is 5.75 Å². The highest BCUT2D eigenvalue weighted by molar-refractivity contribution is 5.30. The number of aromatic hydroxyl groups is 1. The zero-order chi connectivity index (χ0) is 10.9. The Bertz CT molecular complexity index is 328. The molecule has 1 aliphatic heterocycles. The van der Waals surface area contributed by atoms with E-state index in [9.17, 15) is 4.39 Å². The third-order valence-corrected chi connectivity index (χ3v) is 3.26. The highest BCUT2D eigenvalue weighted by Crippen LogP contribution is 2.37. The summed E-state index contributed by atoms with van der Waals surface area (Å²) in [4.78, 5) is 0. The molecule has 0 aromatic heterocycles. The van der Waals surface area contributed by atoms with Gasteiger partial charge in [0.2, 0.25) is 0 Å². The van der Waals surface area contributed by atoms with Crippen molar-refractivity contribution < 1.29 is 9.50 Å². The molecule has 2 unspecified atom stereocenters. The molecule has 0 spiro atoms. The number of hydrogen-bond acceptors (Lipinski definition) is 2. The van der Waals surface area contributed by atoms with Gasteiger partial charge < -0.3 is 10.4 Å². The minimum atomic E-state index is -1.31. The number of hydrogen-bond donors (Lipinski definition) is 2. The molecule has 2 nitrogen and oxygen atoms in total. The number of phenols is 1. The van der Waals surface area contributed by atoms with Gasteiger partial charge in [0, 0.05) is 12.5 Å². The predicted octanol–water partition coefficient (Wildman–Crippen LogP) is 2.19. The highest BCUT2D eigenvalue weighted by atomic mass is 19.1. The van der Waals surface area contributed by atoms with Crippen molar-refractivity contribution in [2.24, 2.45) is 5.92 Å². The van der Waals surface area contributed by atoms with E-state index in [1.54, 1.807) is 19.1 Å². The second-order valence-electron chi connectivity index (χ2n) is 4.31. The van der Waals surface area contributed by atoms with Gasteiger partial charge >= 0.3 is 0 Å². The Morgan fingerprint density at radius 3 is 2.60 bits per heavy atom. The van der Waals surface area contributed by atoms with Crippen LogP contribution in [0.1, 0.15) is 18.9 Å². The molecule has 2 rings (SSSR count). The number of nitrogens with one attached hydrogen (secondary N) is 1. The van der Waals surface area contributed by atoms with Gasteiger partial charge in [-0.1, -0.05) is 12.1 Å². The Labute approximate surface area is 89.1 Å². The van der Waals surface area contributed by atoms with Crippen LogP contribution in [0.4, 0.5) is 4.39 Å². The van der Waals surface area contributed by atoms with Crippen molar-refractivity contribution in [2.45, 2.75) is 19.0 Å². The summed E-state index contributed by atoms with van der Waals surface area (Å²) >= 11 is 0. The summed E-state index contributed by atoms with van der Waals surface area (Å²) in [5.74, 6) is 0.209. The van der Waals surface area contributed by atoms with Gasteiger partial charge in [-0.25, -0.2) is 4.39 Å². The van der Waals surface area contributed by atoms with Crippen LogP contribution in [0.5, 0.6) is 5.75 Å². The van der Waals surface area contributed by atoms with Crippen molar-refractivity contribution in [3.05, 3.63) is 29.8 Å². The van der Waals surface area contributed by atoms with Gasteiger partial charge in [0.05, 0.1) is 0 Å². The highest BCUT2D eigenvalue weighted by Gasteiger charge is 2.37. The first-order valence-electron chi connectivity index (χ1n) is 5.30. The molecule has 15 heavy (non-hydrogen) atoms. The zero-order valence-electron chi connectivity index (χ0n) is 8.83. The van der Waals surface area contributed by atoms with E-state index in [4.69, 9.17) is 5.11 Å². The Hall–Kier alpha value is -1.09. The molecule has 0 radical (unpaired) electrons. The lowest BCUT2D eigenvalue weighted by molar-refractivity contribution is 0.112. The average Bonchev–Trinajstić information content (AvgIpc) is 2.71. The molecule has 2 atom stereocenters. The van der Waals surface area contributed by atoms with E-state index in [1.807, 2.05) is 0 Å². The molecular formula is C12H16FNO. The van der Waals surface area contributed by atoms with Gasteiger partial charge in [-0.3, -0.25) is 0 Å². The summed E-state index contributed by atoms with van der Waals surface area (Å²) in [6, 6.07) is 6.40. The fraction of sp³-hybridized carbons (Fsp3) is 0.500. The van der Waals surface area contributed by atoms with E-state index in [2.05, 4.69) is 5.32 Å². The maximum atomic E-state index is 14.5. The standard InChI is InChI=1S/C12H16FNO/c1-12(13,10-6-7-14-8-10)9-2-4-11(15)5-3-9/h2-5,10,14-15H,6-8H2,1H3. The lowest BCUT2D eigenvalue weighted by atomic mass is 9.84. The van der Waals surface area contributed by atoms with Crippen molar-refractivity contribution in [3.63, 3.8) is 0 Å². The Kier molecular flexibility index (Phi) is 2.65. The molecule has 1 aromatic carbocycles. The number of benzene rings is 1. The summed E-state index contributed by atoms with van der Waals surface area (Å²) in [6.45, 7) is 3.24. The van der Waals surface area contributed by atoms with Crippen LogP contribution in [-0.2, 0) is 5.67 Å². The molecule has 3 heteroatoms. The van der Waals surface area contributed by atoms with E-state index in [1.165, 1.54) is 12.1 Å². The van der Waals surface area contributed by atoms with Gasteiger partial charge in [-0.05, 0) is 37.6 Å². The Balaban J connectivity index is 2.23. The minimum absolute atomic E-state index is 0.0297. The molecule has 1 saturated heterocycles. The van der Waals surface area contributed by atoms with Crippen LogP contribution < -0.4 is 5.32 Å². The maximum absolute atomic E-state index is 14.5. The van der Waals surface area contributed by atoms with Crippen molar-refractivity contribution >= 4 is 0 Å². The van der Waals surface area contributed by atoms with Crippen molar-refractivity contribution in [1.29, 1.82) is 0 Å². The largest absolute Gasteiger partial charge is 0.508 e. The van der Waals surface area contributed by atoms with Crippen LogP contribution in [0.3, 0.4) is 0 Å². The Morgan fingerprint density at radius 1 is 1.40 bits per heavy atom. The smallest absolute Gasteiger partial charge is 0.137 e. The average molecular weight is 209 g/mol. The SMILES string of the molecule is CC(F)(c1ccc(O)cc1)C1CCNC1. The predicted molar refractivity (Wildman–Crippen MR) is 57.5 cm³/mol. The van der Waals surface area contributed by atoms with Crippen LogP contribution in [0, 0.1) is 5.92 Å². The van der Waals surface area contributed by atoms with Crippen molar-refractivity contribution in [1.82, 2.24) is 5.32 Å². The van der Waals surface area contributed by atoms with Gasteiger partial charge in [0.25, 0.3) is 0 Å². The second kappa shape index (κ2) is 3.81. The van der Waals surface area contributed by atoms with E-state index >= 15 is 0 Å². The molecular weight excluding hydrogens is 193 g/mol. The first-order chi connectivity index (χ1) is 7.10. The summed E-state index contributed by atoms with van der Waals surface area (Å²) < 4.78 is 14.5. The maximum Gasteiger partial charge on any atom is 0.137 e. The quantitative estimate of drug-likeness (QED) is 0.782.